The van der Waals surface area contributed by atoms with Crippen LogP contribution in [0.4, 0.5) is 0 Å². The fourth-order valence-electron chi connectivity index (χ4n) is 1.80. The van der Waals surface area contributed by atoms with Crippen molar-refractivity contribution in [1.82, 2.24) is 9.59 Å². The van der Waals surface area contributed by atoms with E-state index in [4.69, 9.17) is 4.74 Å². The minimum Gasteiger partial charge on any atom is -0.457 e. The predicted octanol–water partition coefficient (Wildman–Crippen LogP) is 3.93. The van der Waals surface area contributed by atoms with Gasteiger partial charge in [-0.3, -0.25) is 0 Å². The zero-order chi connectivity index (χ0) is 14.7. The van der Waals surface area contributed by atoms with Crippen molar-refractivity contribution in [3.8, 4) is 10.6 Å². The Bertz CT molecular complexity index is 733. The summed E-state index contributed by atoms with van der Waals surface area (Å²) in [6.45, 7) is 2.27. The SMILES string of the molecule is Cc1ccc(COC(=O)c2snnc2-c2cccs2)cc1. The Labute approximate surface area is 130 Å². The summed E-state index contributed by atoms with van der Waals surface area (Å²) in [7, 11) is 0. The molecular weight excluding hydrogens is 304 g/mol. The molecule has 3 rings (SSSR count). The van der Waals surface area contributed by atoms with Gasteiger partial charge in [0.2, 0.25) is 0 Å². The van der Waals surface area contributed by atoms with Crippen LogP contribution in [0.25, 0.3) is 10.6 Å². The Balaban J connectivity index is 1.72. The van der Waals surface area contributed by atoms with Crippen LogP contribution in [-0.2, 0) is 11.3 Å². The van der Waals surface area contributed by atoms with Crippen molar-refractivity contribution in [3.63, 3.8) is 0 Å². The second-order valence-corrected chi connectivity index (χ2v) is 6.19. The van der Waals surface area contributed by atoms with Gasteiger partial charge in [-0.25, -0.2) is 4.79 Å². The molecule has 106 valence electrons. The van der Waals surface area contributed by atoms with Gasteiger partial charge in [0.05, 0.1) is 4.88 Å². The number of thiophene rings is 1. The van der Waals surface area contributed by atoms with Gasteiger partial charge in [0.25, 0.3) is 0 Å². The highest BCUT2D eigenvalue weighted by Crippen LogP contribution is 2.28. The third-order valence-electron chi connectivity index (χ3n) is 2.92. The molecule has 0 aliphatic heterocycles. The van der Waals surface area contributed by atoms with Gasteiger partial charge in [-0.2, -0.15) is 0 Å². The van der Waals surface area contributed by atoms with E-state index in [0.717, 1.165) is 22.0 Å². The highest BCUT2D eigenvalue weighted by molar-refractivity contribution is 7.14. The summed E-state index contributed by atoms with van der Waals surface area (Å²) in [5, 5.41) is 5.96. The van der Waals surface area contributed by atoms with Crippen molar-refractivity contribution in [2.24, 2.45) is 0 Å². The van der Waals surface area contributed by atoms with Gasteiger partial charge in [0.15, 0.2) is 4.88 Å². The zero-order valence-electron chi connectivity index (χ0n) is 11.3. The summed E-state index contributed by atoms with van der Waals surface area (Å²) in [6.07, 6.45) is 0. The first-order valence-electron chi connectivity index (χ1n) is 6.33. The first-order chi connectivity index (χ1) is 10.2. The summed E-state index contributed by atoms with van der Waals surface area (Å²) in [4.78, 5) is 13.5. The quantitative estimate of drug-likeness (QED) is 0.684. The lowest BCUT2D eigenvalue weighted by atomic mass is 10.2. The van der Waals surface area contributed by atoms with Gasteiger partial charge in [0.1, 0.15) is 12.3 Å². The van der Waals surface area contributed by atoms with Crippen LogP contribution in [-0.4, -0.2) is 15.6 Å². The number of carbonyl (C=O) groups excluding carboxylic acids is 1. The molecule has 0 spiro atoms. The number of aryl methyl sites for hydroxylation is 1. The Morgan fingerprint density at radius 1 is 1.24 bits per heavy atom. The van der Waals surface area contributed by atoms with Crippen molar-refractivity contribution in [2.45, 2.75) is 13.5 Å². The third kappa shape index (κ3) is 3.17. The van der Waals surface area contributed by atoms with Gasteiger partial charge in [-0.15, -0.1) is 16.4 Å². The molecule has 0 saturated heterocycles. The van der Waals surface area contributed by atoms with Crippen LogP contribution in [0.3, 0.4) is 0 Å². The number of hydrogen-bond acceptors (Lipinski definition) is 6. The zero-order valence-corrected chi connectivity index (χ0v) is 12.9. The smallest absolute Gasteiger partial charge is 0.352 e. The second kappa shape index (κ2) is 6.15. The summed E-state index contributed by atoms with van der Waals surface area (Å²) in [5.41, 5.74) is 2.74. The molecule has 3 aromatic rings. The summed E-state index contributed by atoms with van der Waals surface area (Å²) >= 11 is 2.59. The highest BCUT2D eigenvalue weighted by Gasteiger charge is 2.19. The average molecular weight is 316 g/mol. The Morgan fingerprint density at radius 2 is 2.05 bits per heavy atom. The molecule has 0 bridgehead atoms. The van der Waals surface area contributed by atoms with E-state index >= 15 is 0 Å². The molecule has 4 nitrogen and oxygen atoms in total. The average Bonchev–Trinajstić information content (AvgIpc) is 3.16. The van der Waals surface area contributed by atoms with Crippen LogP contribution in [0.15, 0.2) is 41.8 Å². The Kier molecular flexibility index (Phi) is 4.08. The summed E-state index contributed by atoms with van der Waals surface area (Å²) < 4.78 is 9.21. The molecule has 0 radical (unpaired) electrons. The maximum atomic E-state index is 12.2. The number of aromatic nitrogens is 2. The molecule has 0 unspecified atom stereocenters. The van der Waals surface area contributed by atoms with Crippen LogP contribution >= 0.6 is 22.9 Å². The van der Waals surface area contributed by atoms with Crippen molar-refractivity contribution >= 4 is 28.8 Å². The molecule has 0 amide bonds. The van der Waals surface area contributed by atoms with Gasteiger partial charge in [-0.1, -0.05) is 40.4 Å². The van der Waals surface area contributed by atoms with E-state index in [1.165, 1.54) is 16.9 Å². The van der Waals surface area contributed by atoms with Gasteiger partial charge >= 0.3 is 5.97 Å². The van der Waals surface area contributed by atoms with E-state index in [-0.39, 0.29) is 12.6 Å². The van der Waals surface area contributed by atoms with Crippen LogP contribution < -0.4 is 0 Å². The fraction of sp³-hybridized carbons (Fsp3) is 0.133. The molecule has 2 aromatic heterocycles. The van der Waals surface area contributed by atoms with Gasteiger partial charge in [-0.05, 0) is 35.5 Å². The maximum Gasteiger partial charge on any atom is 0.352 e. The Hall–Kier alpha value is -2.05. The largest absolute Gasteiger partial charge is 0.457 e. The summed E-state index contributed by atoms with van der Waals surface area (Å²) in [6, 6.07) is 11.7. The van der Waals surface area contributed by atoms with Crippen LogP contribution in [0.2, 0.25) is 0 Å². The van der Waals surface area contributed by atoms with Crippen molar-refractivity contribution in [1.29, 1.82) is 0 Å². The van der Waals surface area contributed by atoms with Crippen LogP contribution in [0, 0.1) is 6.92 Å². The molecule has 21 heavy (non-hydrogen) atoms. The monoisotopic (exact) mass is 316 g/mol. The number of nitrogens with zero attached hydrogens (tertiary/aromatic N) is 2. The molecule has 2 heterocycles. The number of carbonyl (C=O) groups is 1. The van der Waals surface area contributed by atoms with E-state index < -0.39 is 0 Å². The van der Waals surface area contributed by atoms with Crippen molar-refractivity contribution in [3.05, 3.63) is 57.8 Å². The lowest BCUT2D eigenvalue weighted by Crippen LogP contribution is -2.04. The minimum absolute atomic E-state index is 0.251. The maximum absolute atomic E-state index is 12.2. The second-order valence-electron chi connectivity index (χ2n) is 4.49. The standard InChI is InChI=1S/C15H12N2O2S2/c1-10-4-6-11(7-5-10)9-19-15(18)14-13(16-17-21-14)12-3-2-8-20-12/h2-8H,9H2,1H3. The minimum atomic E-state index is -0.381. The van der Waals surface area contributed by atoms with Gasteiger partial charge in [0, 0.05) is 0 Å². The molecule has 0 atom stereocenters. The van der Waals surface area contributed by atoms with E-state index in [2.05, 4.69) is 9.59 Å². The highest BCUT2D eigenvalue weighted by atomic mass is 32.1. The molecule has 6 heteroatoms. The molecule has 0 fully saturated rings. The first-order valence-corrected chi connectivity index (χ1v) is 7.98. The normalized spacial score (nSPS) is 10.5. The van der Waals surface area contributed by atoms with Crippen molar-refractivity contribution < 1.29 is 9.53 Å². The predicted molar refractivity (Wildman–Crippen MR) is 83.5 cm³/mol. The van der Waals surface area contributed by atoms with E-state index in [9.17, 15) is 4.79 Å². The van der Waals surface area contributed by atoms with E-state index in [1.54, 1.807) is 0 Å². The molecule has 0 saturated carbocycles. The third-order valence-corrected chi connectivity index (χ3v) is 4.50. The van der Waals surface area contributed by atoms with Crippen LogP contribution in [0.1, 0.15) is 20.8 Å². The molecule has 0 aliphatic carbocycles. The van der Waals surface area contributed by atoms with Gasteiger partial charge < -0.3 is 4.74 Å². The number of benzene rings is 1. The topological polar surface area (TPSA) is 52.1 Å². The fourth-order valence-corrected chi connectivity index (χ4v) is 3.15. The molecule has 0 aliphatic rings. The number of rotatable bonds is 4. The lowest BCUT2D eigenvalue weighted by molar-refractivity contribution is 0.0479. The Morgan fingerprint density at radius 3 is 2.76 bits per heavy atom. The molecular formula is C15H12N2O2S2. The number of ether oxygens (including phenoxy) is 1. The molecule has 1 aromatic carbocycles. The van der Waals surface area contributed by atoms with E-state index in [1.807, 2.05) is 48.7 Å². The number of hydrogen-bond donors (Lipinski definition) is 0. The van der Waals surface area contributed by atoms with Crippen LogP contribution in [0.5, 0.6) is 0 Å². The first kappa shape index (κ1) is 13.9. The number of esters is 1. The molecule has 0 N–H and O–H groups in total. The lowest BCUT2D eigenvalue weighted by Gasteiger charge is -2.04. The van der Waals surface area contributed by atoms with E-state index in [0.29, 0.717) is 10.6 Å². The van der Waals surface area contributed by atoms with Crippen molar-refractivity contribution in [2.75, 3.05) is 0 Å². The summed E-state index contributed by atoms with van der Waals surface area (Å²) in [5.74, 6) is -0.381.